The molecule has 1 heterocycles. The van der Waals surface area contributed by atoms with Crippen LogP contribution in [0, 0.1) is 5.41 Å². The number of nitrogens with one attached hydrogen (secondary N) is 1. The second-order valence-electron chi connectivity index (χ2n) is 7.54. The maximum Gasteiger partial charge on any atom is 0.257 e. The second kappa shape index (κ2) is 6.26. The molecule has 1 amide bonds. The molecule has 6 nitrogen and oxygen atoms in total. The van der Waals surface area contributed by atoms with Gasteiger partial charge in [-0.3, -0.25) is 4.79 Å². The van der Waals surface area contributed by atoms with E-state index < -0.39 is 0 Å². The Morgan fingerprint density at radius 3 is 2.76 bits per heavy atom. The van der Waals surface area contributed by atoms with Gasteiger partial charge in [0.1, 0.15) is 0 Å². The van der Waals surface area contributed by atoms with Gasteiger partial charge < -0.3 is 14.9 Å². The zero-order valence-corrected chi connectivity index (χ0v) is 14.4. The monoisotopic (exact) mass is 341 g/mol. The van der Waals surface area contributed by atoms with Crippen molar-refractivity contribution in [2.45, 2.75) is 51.0 Å². The molecule has 2 fully saturated rings. The number of hydrogen-bond acceptors (Lipinski definition) is 5. The predicted octanol–water partition coefficient (Wildman–Crippen LogP) is 2.89. The molecule has 6 heteroatoms. The van der Waals surface area contributed by atoms with Crippen LogP contribution in [0.3, 0.4) is 0 Å². The molecule has 2 aliphatic rings. The Morgan fingerprint density at radius 2 is 2.08 bits per heavy atom. The van der Waals surface area contributed by atoms with Crippen molar-refractivity contribution in [1.82, 2.24) is 15.5 Å². The number of hydrogen-bond donors (Lipinski definition) is 2. The second-order valence-corrected chi connectivity index (χ2v) is 7.54. The predicted molar refractivity (Wildman–Crippen MR) is 92.0 cm³/mol. The third-order valence-electron chi connectivity index (χ3n) is 5.53. The van der Waals surface area contributed by atoms with Crippen LogP contribution in [-0.2, 0) is 0 Å². The van der Waals surface area contributed by atoms with Gasteiger partial charge in [0, 0.05) is 28.5 Å². The van der Waals surface area contributed by atoms with Gasteiger partial charge in [0.25, 0.3) is 11.8 Å². The standard InChI is InChI=1S/C19H23N3O3/c1-19(11-23)10-2-3-15(19)20-17(24)13-6-8-14(9-7-13)18-21-16(22-25-18)12-4-5-12/h6-9,12,15,23H,2-5,10-11H2,1H3,(H,20,24). The fourth-order valence-electron chi connectivity index (χ4n) is 3.53. The SMILES string of the molecule is CC1(CO)CCCC1NC(=O)c1ccc(-c2nc(C3CC3)no2)cc1. The Labute approximate surface area is 146 Å². The van der Waals surface area contributed by atoms with Crippen LogP contribution in [0.4, 0.5) is 0 Å². The molecule has 132 valence electrons. The zero-order valence-electron chi connectivity index (χ0n) is 14.4. The number of rotatable bonds is 5. The average Bonchev–Trinajstić information content (AvgIpc) is 3.25. The van der Waals surface area contributed by atoms with Crippen molar-refractivity contribution >= 4 is 5.91 Å². The number of carbonyl (C=O) groups is 1. The Hall–Kier alpha value is -2.21. The number of aromatic nitrogens is 2. The van der Waals surface area contributed by atoms with E-state index in [-0.39, 0.29) is 24.0 Å². The molecule has 0 bridgehead atoms. The first-order valence-corrected chi connectivity index (χ1v) is 8.95. The lowest BCUT2D eigenvalue weighted by Crippen LogP contribution is -2.44. The Kier molecular flexibility index (Phi) is 4.07. The Morgan fingerprint density at radius 1 is 1.32 bits per heavy atom. The van der Waals surface area contributed by atoms with Gasteiger partial charge in [0.15, 0.2) is 5.82 Å². The van der Waals surface area contributed by atoms with E-state index in [9.17, 15) is 9.90 Å². The van der Waals surface area contributed by atoms with Crippen molar-refractivity contribution in [3.8, 4) is 11.5 Å². The summed E-state index contributed by atoms with van der Waals surface area (Å²) in [6.45, 7) is 2.12. The van der Waals surface area contributed by atoms with Crippen molar-refractivity contribution in [3.63, 3.8) is 0 Å². The van der Waals surface area contributed by atoms with Crippen LogP contribution in [0.1, 0.15) is 61.1 Å². The Balaban J connectivity index is 1.45. The topological polar surface area (TPSA) is 88.2 Å². The highest BCUT2D eigenvalue weighted by Crippen LogP contribution is 2.39. The number of aliphatic hydroxyl groups is 1. The number of benzene rings is 1. The van der Waals surface area contributed by atoms with Gasteiger partial charge in [-0.2, -0.15) is 4.98 Å². The lowest BCUT2D eigenvalue weighted by atomic mass is 9.85. The molecule has 1 aromatic heterocycles. The molecular formula is C19H23N3O3. The minimum absolute atomic E-state index is 0.0155. The first-order valence-electron chi connectivity index (χ1n) is 8.95. The van der Waals surface area contributed by atoms with Gasteiger partial charge in [0.2, 0.25) is 0 Å². The minimum Gasteiger partial charge on any atom is -0.396 e. The molecule has 25 heavy (non-hydrogen) atoms. The molecule has 2 atom stereocenters. The molecule has 0 saturated heterocycles. The van der Waals surface area contributed by atoms with Crippen molar-refractivity contribution in [2.75, 3.05) is 6.61 Å². The summed E-state index contributed by atoms with van der Waals surface area (Å²) >= 11 is 0. The third kappa shape index (κ3) is 3.18. The highest BCUT2D eigenvalue weighted by molar-refractivity contribution is 5.94. The molecule has 0 radical (unpaired) electrons. The van der Waals surface area contributed by atoms with Crippen LogP contribution < -0.4 is 5.32 Å². The van der Waals surface area contributed by atoms with E-state index in [0.29, 0.717) is 17.4 Å². The minimum atomic E-state index is -0.224. The van der Waals surface area contributed by atoms with E-state index in [2.05, 4.69) is 15.5 Å². The zero-order chi connectivity index (χ0) is 17.4. The first kappa shape index (κ1) is 16.3. The fraction of sp³-hybridized carbons (Fsp3) is 0.526. The van der Waals surface area contributed by atoms with Crippen molar-refractivity contribution < 1.29 is 14.4 Å². The van der Waals surface area contributed by atoms with E-state index >= 15 is 0 Å². The lowest BCUT2D eigenvalue weighted by molar-refractivity contribution is 0.0830. The van der Waals surface area contributed by atoms with Crippen LogP contribution in [0.5, 0.6) is 0 Å². The average molecular weight is 341 g/mol. The lowest BCUT2D eigenvalue weighted by Gasteiger charge is -2.30. The molecule has 2 saturated carbocycles. The van der Waals surface area contributed by atoms with Crippen LogP contribution in [-0.4, -0.2) is 33.8 Å². The summed E-state index contributed by atoms with van der Waals surface area (Å²) in [4.78, 5) is 16.9. The van der Waals surface area contributed by atoms with Crippen molar-refractivity contribution in [2.24, 2.45) is 5.41 Å². The van der Waals surface area contributed by atoms with Crippen LogP contribution in [0.15, 0.2) is 28.8 Å². The smallest absolute Gasteiger partial charge is 0.257 e. The fourth-order valence-corrected chi connectivity index (χ4v) is 3.53. The van der Waals surface area contributed by atoms with E-state index in [0.717, 1.165) is 43.5 Å². The van der Waals surface area contributed by atoms with Gasteiger partial charge in [0.05, 0.1) is 6.61 Å². The van der Waals surface area contributed by atoms with Crippen LogP contribution in [0.25, 0.3) is 11.5 Å². The Bertz CT molecular complexity index is 766. The molecule has 0 spiro atoms. The molecule has 1 aromatic carbocycles. The first-order chi connectivity index (χ1) is 12.1. The third-order valence-corrected chi connectivity index (χ3v) is 5.53. The normalized spacial score (nSPS) is 25.9. The number of amides is 1. The summed E-state index contributed by atoms with van der Waals surface area (Å²) in [6.07, 6.45) is 5.14. The number of carbonyl (C=O) groups excluding carboxylic acids is 1. The summed E-state index contributed by atoms with van der Waals surface area (Å²) in [5.41, 5.74) is 1.19. The summed E-state index contributed by atoms with van der Waals surface area (Å²) < 4.78 is 5.31. The highest BCUT2D eigenvalue weighted by Gasteiger charge is 2.39. The quantitative estimate of drug-likeness (QED) is 0.873. The summed E-state index contributed by atoms with van der Waals surface area (Å²) in [6, 6.07) is 7.23. The van der Waals surface area contributed by atoms with Gasteiger partial charge in [-0.1, -0.05) is 18.5 Å². The van der Waals surface area contributed by atoms with Crippen LogP contribution >= 0.6 is 0 Å². The van der Waals surface area contributed by atoms with E-state index in [1.807, 2.05) is 19.1 Å². The largest absolute Gasteiger partial charge is 0.396 e. The van der Waals surface area contributed by atoms with E-state index in [1.165, 1.54) is 0 Å². The summed E-state index contributed by atoms with van der Waals surface area (Å²) in [7, 11) is 0. The van der Waals surface area contributed by atoms with Gasteiger partial charge >= 0.3 is 0 Å². The molecular weight excluding hydrogens is 318 g/mol. The van der Waals surface area contributed by atoms with Gasteiger partial charge in [-0.25, -0.2) is 0 Å². The van der Waals surface area contributed by atoms with Gasteiger partial charge in [-0.05, 0) is 49.9 Å². The summed E-state index contributed by atoms with van der Waals surface area (Å²) in [5, 5.41) is 16.7. The van der Waals surface area contributed by atoms with Crippen molar-refractivity contribution in [3.05, 3.63) is 35.7 Å². The summed E-state index contributed by atoms with van der Waals surface area (Å²) in [5.74, 6) is 1.62. The van der Waals surface area contributed by atoms with Crippen molar-refractivity contribution in [1.29, 1.82) is 0 Å². The molecule has 2 aromatic rings. The highest BCUT2D eigenvalue weighted by atomic mass is 16.5. The molecule has 2 aliphatic carbocycles. The molecule has 4 rings (SSSR count). The molecule has 2 unspecified atom stereocenters. The van der Waals surface area contributed by atoms with E-state index in [1.54, 1.807) is 12.1 Å². The maximum absolute atomic E-state index is 12.5. The van der Waals surface area contributed by atoms with E-state index in [4.69, 9.17) is 4.52 Å². The number of aliphatic hydroxyl groups excluding tert-OH is 1. The number of nitrogens with zero attached hydrogens (tertiary/aromatic N) is 2. The van der Waals surface area contributed by atoms with Crippen LogP contribution in [0.2, 0.25) is 0 Å². The molecule has 0 aliphatic heterocycles. The molecule has 2 N–H and O–H groups in total. The van der Waals surface area contributed by atoms with Gasteiger partial charge in [-0.15, -0.1) is 0 Å². The maximum atomic E-state index is 12.5.